The maximum Gasteiger partial charge on any atom is 0.228 e. The summed E-state index contributed by atoms with van der Waals surface area (Å²) >= 11 is 0. The van der Waals surface area contributed by atoms with Gasteiger partial charge in [-0.25, -0.2) is 5.01 Å². The predicted molar refractivity (Wildman–Crippen MR) is 128 cm³/mol. The van der Waals surface area contributed by atoms with E-state index in [0.717, 1.165) is 81.6 Å². The highest BCUT2D eigenvalue weighted by Gasteiger charge is 2.48. The molecule has 2 aliphatic heterocycles. The smallest absolute Gasteiger partial charge is 0.228 e. The van der Waals surface area contributed by atoms with E-state index in [1.807, 2.05) is 4.90 Å². The minimum absolute atomic E-state index is 0.0895. The van der Waals surface area contributed by atoms with Crippen LogP contribution in [0.5, 0.6) is 0 Å². The van der Waals surface area contributed by atoms with Gasteiger partial charge in [0.25, 0.3) is 0 Å². The van der Waals surface area contributed by atoms with Gasteiger partial charge in [0.05, 0.1) is 0 Å². The van der Waals surface area contributed by atoms with Gasteiger partial charge in [-0.2, -0.15) is 0 Å². The standard InChI is InChI=1S/C27H44N4O2/c1-27(10-11-27)26(33)30-14-12-29(13-15-30)25(32)21-6-4-20(5-7-21)22-8-9-24-23(16-22)17-28-31(24)18-19-2-3-19/h19-24,28H,2-18H2,1H3. The Morgan fingerprint density at radius 2 is 1.48 bits per heavy atom. The molecular weight excluding hydrogens is 412 g/mol. The minimum atomic E-state index is -0.0895. The molecule has 6 heteroatoms. The van der Waals surface area contributed by atoms with E-state index in [4.69, 9.17) is 0 Å². The number of piperazine rings is 1. The third kappa shape index (κ3) is 4.59. The molecule has 2 saturated heterocycles. The fourth-order valence-electron chi connectivity index (χ4n) is 7.48. The second-order valence-corrected chi connectivity index (χ2v) is 12.6. The van der Waals surface area contributed by atoms with Gasteiger partial charge in [0.15, 0.2) is 0 Å². The molecule has 184 valence electrons. The third-order valence-corrected chi connectivity index (χ3v) is 10.3. The van der Waals surface area contributed by atoms with Gasteiger partial charge in [0, 0.05) is 56.6 Å². The average molecular weight is 457 g/mol. The highest BCUT2D eigenvalue weighted by Crippen LogP contribution is 2.47. The van der Waals surface area contributed by atoms with E-state index in [9.17, 15) is 9.59 Å². The molecule has 6 fully saturated rings. The number of fused-ring (bicyclic) bond motifs is 1. The first-order valence-corrected chi connectivity index (χ1v) is 14.1. The normalized spacial score (nSPS) is 38.8. The molecule has 0 aromatic heterocycles. The van der Waals surface area contributed by atoms with Gasteiger partial charge in [-0.3, -0.25) is 15.0 Å². The first-order valence-electron chi connectivity index (χ1n) is 14.1. The molecule has 0 spiro atoms. The highest BCUT2D eigenvalue weighted by atomic mass is 16.2. The van der Waals surface area contributed by atoms with E-state index in [2.05, 4.69) is 22.3 Å². The molecule has 4 aliphatic carbocycles. The average Bonchev–Trinajstić information content (AvgIpc) is 3.78. The largest absolute Gasteiger partial charge is 0.339 e. The zero-order valence-corrected chi connectivity index (χ0v) is 20.6. The number of amides is 2. The maximum atomic E-state index is 13.2. The van der Waals surface area contributed by atoms with Crippen molar-refractivity contribution in [1.82, 2.24) is 20.2 Å². The van der Waals surface area contributed by atoms with Crippen molar-refractivity contribution in [3.8, 4) is 0 Å². The molecule has 33 heavy (non-hydrogen) atoms. The van der Waals surface area contributed by atoms with Crippen molar-refractivity contribution in [1.29, 1.82) is 0 Å². The molecule has 0 aromatic rings. The molecular formula is C27H44N4O2. The molecule has 4 saturated carbocycles. The molecule has 1 N–H and O–H groups in total. The van der Waals surface area contributed by atoms with Crippen LogP contribution < -0.4 is 5.43 Å². The van der Waals surface area contributed by atoms with Crippen molar-refractivity contribution in [3.05, 3.63) is 0 Å². The second-order valence-electron chi connectivity index (χ2n) is 12.6. The van der Waals surface area contributed by atoms with E-state index in [0.29, 0.717) is 11.8 Å². The molecule has 2 heterocycles. The molecule has 6 rings (SSSR count). The second kappa shape index (κ2) is 8.82. The number of carbonyl (C=O) groups excluding carboxylic acids is 2. The summed E-state index contributed by atoms with van der Waals surface area (Å²) in [6.45, 7) is 7.48. The van der Waals surface area contributed by atoms with E-state index in [-0.39, 0.29) is 11.3 Å². The van der Waals surface area contributed by atoms with Crippen molar-refractivity contribution in [2.24, 2.45) is 35.0 Å². The Balaban J connectivity index is 0.944. The lowest BCUT2D eigenvalue weighted by Gasteiger charge is -2.42. The van der Waals surface area contributed by atoms with Crippen molar-refractivity contribution in [2.75, 3.05) is 39.3 Å². The van der Waals surface area contributed by atoms with Gasteiger partial charge >= 0.3 is 0 Å². The van der Waals surface area contributed by atoms with Crippen LogP contribution in [0.25, 0.3) is 0 Å². The van der Waals surface area contributed by atoms with Gasteiger partial charge in [-0.15, -0.1) is 0 Å². The lowest BCUT2D eigenvalue weighted by molar-refractivity contribution is -0.145. The lowest BCUT2D eigenvalue weighted by Crippen LogP contribution is -2.53. The number of rotatable bonds is 5. The zero-order chi connectivity index (χ0) is 22.6. The quantitative estimate of drug-likeness (QED) is 0.690. The Kier molecular flexibility index (Phi) is 5.97. The molecule has 3 unspecified atom stereocenters. The number of carbonyl (C=O) groups is 2. The van der Waals surface area contributed by atoms with Crippen molar-refractivity contribution in [2.45, 2.75) is 83.6 Å². The molecule has 3 atom stereocenters. The summed E-state index contributed by atoms with van der Waals surface area (Å²) < 4.78 is 0. The van der Waals surface area contributed by atoms with Crippen LogP contribution in [0.3, 0.4) is 0 Å². The summed E-state index contributed by atoms with van der Waals surface area (Å²) in [5, 5.41) is 2.60. The van der Waals surface area contributed by atoms with Gasteiger partial charge < -0.3 is 9.80 Å². The van der Waals surface area contributed by atoms with Crippen molar-refractivity contribution < 1.29 is 9.59 Å². The number of nitrogens with zero attached hydrogens (tertiary/aromatic N) is 3. The van der Waals surface area contributed by atoms with E-state index < -0.39 is 0 Å². The maximum absolute atomic E-state index is 13.2. The molecule has 0 bridgehead atoms. The number of nitrogens with one attached hydrogen (secondary N) is 1. The Morgan fingerprint density at radius 3 is 2.15 bits per heavy atom. The van der Waals surface area contributed by atoms with Crippen molar-refractivity contribution in [3.63, 3.8) is 0 Å². The van der Waals surface area contributed by atoms with Crippen LogP contribution in [0.2, 0.25) is 0 Å². The number of hydrogen-bond acceptors (Lipinski definition) is 4. The predicted octanol–water partition coefficient (Wildman–Crippen LogP) is 3.28. The summed E-state index contributed by atoms with van der Waals surface area (Å²) in [5.41, 5.74) is 3.64. The van der Waals surface area contributed by atoms with Crippen LogP contribution >= 0.6 is 0 Å². The lowest BCUT2D eigenvalue weighted by atomic mass is 9.67. The molecule has 0 aromatic carbocycles. The van der Waals surface area contributed by atoms with Crippen LogP contribution in [0, 0.1) is 35.0 Å². The van der Waals surface area contributed by atoms with E-state index in [1.165, 1.54) is 58.0 Å². The summed E-state index contributed by atoms with van der Waals surface area (Å²) in [6, 6.07) is 0.785. The summed E-state index contributed by atoms with van der Waals surface area (Å²) in [7, 11) is 0. The Bertz CT molecular complexity index is 747. The Labute approximate surface area is 199 Å². The Hall–Kier alpha value is -1.14. The summed E-state index contributed by atoms with van der Waals surface area (Å²) in [5.74, 6) is 4.44. The van der Waals surface area contributed by atoms with E-state index in [1.54, 1.807) is 0 Å². The van der Waals surface area contributed by atoms with Gasteiger partial charge in [0.1, 0.15) is 0 Å². The first kappa shape index (κ1) is 22.3. The zero-order valence-electron chi connectivity index (χ0n) is 20.6. The van der Waals surface area contributed by atoms with Gasteiger partial charge in [0.2, 0.25) is 11.8 Å². The molecule has 0 radical (unpaired) electrons. The molecule has 6 nitrogen and oxygen atoms in total. The number of hydrazine groups is 1. The van der Waals surface area contributed by atoms with Gasteiger partial charge in [-0.1, -0.05) is 6.92 Å². The van der Waals surface area contributed by atoms with Crippen LogP contribution in [-0.4, -0.2) is 71.9 Å². The van der Waals surface area contributed by atoms with Crippen LogP contribution in [0.1, 0.15) is 77.6 Å². The topological polar surface area (TPSA) is 55.9 Å². The third-order valence-electron chi connectivity index (χ3n) is 10.3. The Morgan fingerprint density at radius 1 is 0.818 bits per heavy atom. The van der Waals surface area contributed by atoms with Crippen molar-refractivity contribution >= 4 is 11.8 Å². The SMILES string of the molecule is CC1(C(=O)N2CCN(C(=O)C3CCC(C4CCC5C(CNN5CC5CC5)C4)CC3)CC2)CC1. The number of hydrogen-bond donors (Lipinski definition) is 1. The van der Waals surface area contributed by atoms with E-state index >= 15 is 0 Å². The van der Waals surface area contributed by atoms with Gasteiger partial charge in [-0.05, 0) is 94.3 Å². The summed E-state index contributed by atoms with van der Waals surface area (Å²) in [4.78, 5) is 29.9. The molecule has 6 aliphatic rings. The summed E-state index contributed by atoms with van der Waals surface area (Å²) in [6.07, 6.45) is 13.8. The van der Waals surface area contributed by atoms with Crippen LogP contribution in [0.15, 0.2) is 0 Å². The minimum Gasteiger partial charge on any atom is -0.339 e. The highest BCUT2D eigenvalue weighted by molar-refractivity contribution is 5.85. The molecule has 2 amide bonds. The fourth-order valence-corrected chi connectivity index (χ4v) is 7.48. The fraction of sp³-hybridized carbons (Fsp3) is 0.926. The first-order chi connectivity index (χ1) is 16.0. The van der Waals surface area contributed by atoms with Crippen LogP contribution in [-0.2, 0) is 9.59 Å². The monoisotopic (exact) mass is 456 g/mol. The van der Waals surface area contributed by atoms with Crippen LogP contribution in [0.4, 0.5) is 0 Å².